The SMILES string of the molecule is Cc1cc(NC(=O)N2CCC(C(=O)O)C2C)nn1C. The van der Waals surface area contributed by atoms with E-state index in [1.54, 1.807) is 29.6 Å². The maximum Gasteiger partial charge on any atom is 0.323 e. The third-order valence-corrected chi connectivity index (χ3v) is 3.68. The van der Waals surface area contributed by atoms with Crippen LogP contribution in [0.2, 0.25) is 0 Å². The van der Waals surface area contributed by atoms with Gasteiger partial charge >= 0.3 is 12.0 Å². The van der Waals surface area contributed by atoms with Crippen LogP contribution in [0.15, 0.2) is 6.07 Å². The van der Waals surface area contributed by atoms with Crippen LogP contribution in [0.3, 0.4) is 0 Å². The van der Waals surface area contributed by atoms with Gasteiger partial charge in [-0.1, -0.05) is 0 Å². The van der Waals surface area contributed by atoms with Gasteiger partial charge in [0.25, 0.3) is 0 Å². The fraction of sp³-hybridized carbons (Fsp3) is 0.583. The number of aryl methyl sites for hydroxylation is 2. The number of anilines is 1. The summed E-state index contributed by atoms with van der Waals surface area (Å²) in [7, 11) is 1.80. The van der Waals surface area contributed by atoms with Gasteiger partial charge in [-0.3, -0.25) is 14.8 Å². The summed E-state index contributed by atoms with van der Waals surface area (Å²) in [5.41, 5.74) is 0.938. The van der Waals surface area contributed by atoms with Crippen LogP contribution < -0.4 is 5.32 Å². The van der Waals surface area contributed by atoms with Crippen LogP contribution in [0.5, 0.6) is 0 Å². The predicted octanol–water partition coefficient (Wildman–Crippen LogP) is 1.06. The van der Waals surface area contributed by atoms with E-state index in [0.29, 0.717) is 18.8 Å². The van der Waals surface area contributed by atoms with Gasteiger partial charge in [0.15, 0.2) is 5.82 Å². The van der Waals surface area contributed by atoms with Crippen molar-refractivity contribution in [1.82, 2.24) is 14.7 Å². The number of nitrogens with zero attached hydrogens (tertiary/aromatic N) is 3. The van der Waals surface area contributed by atoms with E-state index >= 15 is 0 Å². The van der Waals surface area contributed by atoms with Crippen LogP contribution in [0.1, 0.15) is 19.0 Å². The number of amides is 2. The molecule has 0 aromatic carbocycles. The molecule has 1 aromatic heterocycles. The number of urea groups is 1. The molecule has 0 radical (unpaired) electrons. The van der Waals surface area contributed by atoms with Gasteiger partial charge in [0.1, 0.15) is 0 Å². The number of hydrogen-bond acceptors (Lipinski definition) is 3. The molecule has 0 aliphatic carbocycles. The summed E-state index contributed by atoms with van der Waals surface area (Å²) in [6.45, 7) is 4.10. The second-order valence-corrected chi connectivity index (χ2v) is 4.89. The highest BCUT2D eigenvalue weighted by Crippen LogP contribution is 2.25. The van der Waals surface area contributed by atoms with Crippen molar-refractivity contribution in [2.45, 2.75) is 26.3 Å². The van der Waals surface area contributed by atoms with Gasteiger partial charge in [0, 0.05) is 31.4 Å². The molecule has 7 heteroatoms. The molecule has 1 aromatic rings. The van der Waals surface area contributed by atoms with Crippen LogP contribution in [0.4, 0.5) is 10.6 Å². The minimum absolute atomic E-state index is 0.297. The number of carbonyl (C=O) groups is 2. The van der Waals surface area contributed by atoms with Crippen molar-refractivity contribution in [3.63, 3.8) is 0 Å². The number of nitrogens with one attached hydrogen (secondary N) is 1. The van der Waals surface area contributed by atoms with Crippen molar-refractivity contribution in [3.8, 4) is 0 Å². The number of carboxylic acid groups (broad SMARTS) is 1. The fourth-order valence-electron chi connectivity index (χ4n) is 2.36. The summed E-state index contributed by atoms with van der Waals surface area (Å²) in [5.74, 6) is -0.858. The third-order valence-electron chi connectivity index (χ3n) is 3.68. The van der Waals surface area contributed by atoms with E-state index in [1.807, 2.05) is 6.92 Å². The maximum atomic E-state index is 12.1. The second kappa shape index (κ2) is 4.91. The highest BCUT2D eigenvalue weighted by atomic mass is 16.4. The molecule has 0 saturated carbocycles. The summed E-state index contributed by atoms with van der Waals surface area (Å²) in [5, 5.41) is 15.9. The van der Waals surface area contributed by atoms with Gasteiger partial charge < -0.3 is 10.0 Å². The lowest BCUT2D eigenvalue weighted by Crippen LogP contribution is -2.40. The number of carboxylic acids is 1. The number of likely N-dealkylation sites (tertiary alicyclic amines) is 1. The van der Waals surface area contributed by atoms with Gasteiger partial charge in [-0.05, 0) is 20.3 Å². The number of aliphatic carboxylic acids is 1. The zero-order valence-electron chi connectivity index (χ0n) is 11.3. The van der Waals surface area contributed by atoms with E-state index in [1.165, 1.54) is 0 Å². The molecule has 1 aliphatic heterocycles. The zero-order chi connectivity index (χ0) is 14.2. The Balaban J connectivity index is 2.03. The maximum absolute atomic E-state index is 12.1. The second-order valence-electron chi connectivity index (χ2n) is 4.89. The summed E-state index contributed by atoms with van der Waals surface area (Å²) in [6, 6.07) is 1.17. The van der Waals surface area contributed by atoms with E-state index in [9.17, 15) is 9.59 Å². The lowest BCUT2D eigenvalue weighted by molar-refractivity contribution is -0.142. The van der Waals surface area contributed by atoms with Gasteiger partial charge in [0.05, 0.1) is 5.92 Å². The minimum atomic E-state index is -0.850. The quantitative estimate of drug-likeness (QED) is 0.837. The Morgan fingerprint density at radius 1 is 1.53 bits per heavy atom. The molecule has 2 amide bonds. The molecule has 0 bridgehead atoms. The van der Waals surface area contributed by atoms with Crippen LogP contribution >= 0.6 is 0 Å². The van der Waals surface area contributed by atoms with Gasteiger partial charge in [-0.25, -0.2) is 4.79 Å². The lowest BCUT2D eigenvalue weighted by Gasteiger charge is -2.22. The molecule has 2 unspecified atom stereocenters. The molecule has 1 aliphatic rings. The first kappa shape index (κ1) is 13.4. The fourth-order valence-corrected chi connectivity index (χ4v) is 2.36. The van der Waals surface area contributed by atoms with E-state index in [-0.39, 0.29) is 12.1 Å². The summed E-state index contributed by atoms with van der Waals surface area (Å²) in [4.78, 5) is 24.6. The molecule has 2 N–H and O–H groups in total. The molecule has 1 fully saturated rings. The van der Waals surface area contributed by atoms with E-state index in [0.717, 1.165) is 5.69 Å². The molecule has 1 saturated heterocycles. The largest absolute Gasteiger partial charge is 0.481 e. The van der Waals surface area contributed by atoms with Crippen molar-refractivity contribution < 1.29 is 14.7 Å². The van der Waals surface area contributed by atoms with Crippen molar-refractivity contribution in [2.24, 2.45) is 13.0 Å². The molecule has 0 spiro atoms. The Labute approximate surface area is 111 Å². The smallest absolute Gasteiger partial charge is 0.323 e. The lowest BCUT2D eigenvalue weighted by atomic mass is 10.0. The Kier molecular flexibility index (Phi) is 3.46. The van der Waals surface area contributed by atoms with E-state index < -0.39 is 11.9 Å². The zero-order valence-corrected chi connectivity index (χ0v) is 11.3. The first-order valence-electron chi connectivity index (χ1n) is 6.21. The van der Waals surface area contributed by atoms with Gasteiger partial charge in [0.2, 0.25) is 0 Å². The first-order chi connectivity index (χ1) is 8.90. The third kappa shape index (κ3) is 2.54. The molecule has 19 heavy (non-hydrogen) atoms. The van der Waals surface area contributed by atoms with Crippen molar-refractivity contribution >= 4 is 17.8 Å². The van der Waals surface area contributed by atoms with Gasteiger partial charge in [-0.2, -0.15) is 5.10 Å². The topological polar surface area (TPSA) is 87.5 Å². The highest BCUT2D eigenvalue weighted by molar-refractivity contribution is 5.89. The molecule has 2 rings (SSSR count). The molecule has 104 valence electrons. The van der Waals surface area contributed by atoms with Crippen LogP contribution in [-0.4, -0.2) is 44.4 Å². The molecular formula is C12H18N4O3. The Morgan fingerprint density at radius 3 is 2.68 bits per heavy atom. The van der Waals surface area contributed by atoms with Crippen molar-refractivity contribution in [3.05, 3.63) is 11.8 Å². The highest BCUT2D eigenvalue weighted by Gasteiger charge is 2.38. The minimum Gasteiger partial charge on any atom is -0.481 e. The molecular weight excluding hydrogens is 248 g/mol. The first-order valence-corrected chi connectivity index (χ1v) is 6.21. The average Bonchev–Trinajstić information content (AvgIpc) is 2.83. The summed E-state index contributed by atoms with van der Waals surface area (Å²) < 4.78 is 1.67. The number of hydrogen-bond donors (Lipinski definition) is 2. The molecule has 2 heterocycles. The molecule has 2 atom stereocenters. The van der Waals surface area contributed by atoms with Gasteiger partial charge in [-0.15, -0.1) is 0 Å². The Morgan fingerprint density at radius 2 is 2.21 bits per heavy atom. The van der Waals surface area contributed by atoms with Crippen molar-refractivity contribution in [1.29, 1.82) is 0 Å². The van der Waals surface area contributed by atoms with E-state index in [2.05, 4.69) is 10.4 Å². The number of rotatable bonds is 2. The summed E-state index contributed by atoms with van der Waals surface area (Å²) in [6.07, 6.45) is 0.491. The Hall–Kier alpha value is -2.05. The number of aromatic nitrogens is 2. The Bertz CT molecular complexity index is 492. The normalized spacial score (nSPS) is 22.6. The predicted molar refractivity (Wildman–Crippen MR) is 68.9 cm³/mol. The molecule has 7 nitrogen and oxygen atoms in total. The average molecular weight is 266 g/mol. The number of carbonyl (C=O) groups excluding carboxylic acids is 1. The van der Waals surface area contributed by atoms with Crippen LogP contribution in [0.25, 0.3) is 0 Å². The van der Waals surface area contributed by atoms with Crippen LogP contribution in [-0.2, 0) is 11.8 Å². The van der Waals surface area contributed by atoms with Crippen LogP contribution in [0, 0.1) is 12.8 Å². The van der Waals surface area contributed by atoms with Crippen molar-refractivity contribution in [2.75, 3.05) is 11.9 Å². The summed E-state index contributed by atoms with van der Waals surface area (Å²) >= 11 is 0. The standard InChI is InChI=1S/C12H18N4O3/c1-7-6-10(14-15(7)3)13-12(19)16-5-4-9(8(16)2)11(17)18/h6,8-9H,4-5H2,1-3H3,(H,17,18)(H,13,14,19). The van der Waals surface area contributed by atoms with E-state index in [4.69, 9.17) is 5.11 Å². The monoisotopic (exact) mass is 266 g/mol.